The fraction of sp³-hybridized carbons (Fsp3) is 0.238. The molecule has 2 aromatic heterocycles. The van der Waals surface area contributed by atoms with Gasteiger partial charge in [0.15, 0.2) is 0 Å². The van der Waals surface area contributed by atoms with E-state index < -0.39 is 0 Å². The number of pyridine rings is 1. The van der Waals surface area contributed by atoms with E-state index >= 15 is 0 Å². The second-order valence-corrected chi connectivity index (χ2v) is 8.70. The Morgan fingerprint density at radius 1 is 1.13 bits per heavy atom. The molecule has 0 spiro atoms. The van der Waals surface area contributed by atoms with Gasteiger partial charge in [-0.3, -0.25) is 9.78 Å². The summed E-state index contributed by atoms with van der Waals surface area (Å²) in [5.41, 5.74) is 1.81. The van der Waals surface area contributed by atoms with Gasteiger partial charge in [-0.2, -0.15) is 0 Å². The van der Waals surface area contributed by atoms with E-state index in [2.05, 4.69) is 20.6 Å². The molecule has 0 atom stereocenters. The second-order valence-electron chi connectivity index (χ2n) is 6.95. The highest BCUT2D eigenvalue weighted by Crippen LogP contribution is 2.25. The first kappa shape index (κ1) is 23.0. The molecule has 3 rings (SSSR count). The molecule has 0 aliphatic heterocycles. The number of rotatable bonds is 7. The Kier molecular flexibility index (Phi) is 7.84. The number of nitrogens with one attached hydrogen (secondary N) is 2. The van der Waals surface area contributed by atoms with Crippen molar-refractivity contribution >= 4 is 52.2 Å². The molecule has 162 valence electrons. The van der Waals surface area contributed by atoms with E-state index in [9.17, 15) is 9.59 Å². The van der Waals surface area contributed by atoms with Crippen molar-refractivity contribution in [3.05, 3.63) is 74.4 Å². The number of aromatic nitrogens is 2. The molecule has 0 unspecified atom stereocenters. The largest absolute Gasteiger partial charge is 0.347 e. The number of halogens is 2. The van der Waals surface area contributed by atoms with Crippen LogP contribution in [-0.2, 0) is 13.1 Å². The van der Waals surface area contributed by atoms with E-state index in [0.717, 1.165) is 5.56 Å². The van der Waals surface area contributed by atoms with E-state index in [1.165, 1.54) is 11.3 Å². The molecular formula is C21H21Cl2N5O2S. The molecule has 2 N–H and O–H groups in total. The summed E-state index contributed by atoms with van der Waals surface area (Å²) in [6, 6.07) is 8.17. The summed E-state index contributed by atoms with van der Waals surface area (Å²) in [5.74, 6) is -0.268. The summed E-state index contributed by atoms with van der Waals surface area (Å²) in [7, 11) is 0. The minimum Gasteiger partial charge on any atom is -0.347 e. The van der Waals surface area contributed by atoms with Gasteiger partial charge in [0.1, 0.15) is 10.7 Å². The van der Waals surface area contributed by atoms with Crippen molar-refractivity contribution in [2.75, 3.05) is 5.32 Å². The molecule has 1 aromatic carbocycles. The standard InChI is InChI=1S/C21H21Cl2N5O2S/c1-13(2)28(21(30)26-15-3-4-16(22)17(23)9-15)11-19-27-18(12-31-19)20(29)25-10-14-5-7-24-8-6-14/h3-9,12-13H,10-11H2,1-2H3,(H,25,29)(H,26,30). The van der Waals surface area contributed by atoms with Crippen LogP contribution in [0.15, 0.2) is 48.1 Å². The summed E-state index contributed by atoms with van der Waals surface area (Å²) in [6.45, 7) is 4.47. The zero-order valence-electron chi connectivity index (χ0n) is 16.9. The molecule has 10 heteroatoms. The van der Waals surface area contributed by atoms with Crippen LogP contribution in [-0.4, -0.2) is 32.8 Å². The summed E-state index contributed by atoms with van der Waals surface area (Å²) in [6.07, 6.45) is 3.35. The van der Waals surface area contributed by atoms with Gasteiger partial charge in [-0.25, -0.2) is 9.78 Å². The van der Waals surface area contributed by atoms with Crippen LogP contribution in [0.3, 0.4) is 0 Å². The van der Waals surface area contributed by atoms with Crippen LogP contribution < -0.4 is 10.6 Å². The highest BCUT2D eigenvalue weighted by molar-refractivity contribution is 7.09. The summed E-state index contributed by atoms with van der Waals surface area (Å²) in [4.78, 5) is 35.1. The number of hydrogen-bond acceptors (Lipinski definition) is 5. The van der Waals surface area contributed by atoms with E-state index in [-0.39, 0.29) is 24.5 Å². The van der Waals surface area contributed by atoms with Crippen LogP contribution >= 0.6 is 34.5 Å². The second kappa shape index (κ2) is 10.6. The van der Waals surface area contributed by atoms with Crippen LogP contribution in [0.1, 0.15) is 34.9 Å². The molecule has 31 heavy (non-hydrogen) atoms. The maximum Gasteiger partial charge on any atom is 0.322 e. The average molecular weight is 478 g/mol. The van der Waals surface area contributed by atoms with Crippen LogP contribution in [0.4, 0.5) is 10.5 Å². The molecule has 0 aliphatic rings. The highest BCUT2D eigenvalue weighted by Gasteiger charge is 2.20. The predicted octanol–water partition coefficient (Wildman–Crippen LogP) is 5.22. The Labute approximate surface area is 194 Å². The number of carbonyl (C=O) groups excluding carboxylic acids is 2. The molecule has 0 aliphatic carbocycles. The number of hydrogen-bond donors (Lipinski definition) is 2. The fourth-order valence-corrected chi connectivity index (χ4v) is 3.74. The van der Waals surface area contributed by atoms with Crippen molar-refractivity contribution < 1.29 is 9.59 Å². The van der Waals surface area contributed by atoms with E-state index in [0.29, 0.717) is 33.0 Å². The van der Waals surface area contributed by atoms with Crippen molar-refractivity contribution in [3.63, 3.8) is 0 Å². The molecule has 0 fully saturated rings. The van der Waals surface area contributed by atoms with Gasteiger partial charge in [-0.1, -0.05) is 23.2 Å². The Balaban J connectivity index is 1.62. The molecule has 0 radical (unpaired) electrons. The van der Waals surface area contributed by atoms with Gasteiger partial charge in [0, 0.05) is 36.0 Å². The normalized spacial score (nSPS) is 10.7. The number of carbonyl (C=O) groups is 2. The lowest BCUT2D eigenvalue weighted by molar-refractivity contribution is 0.0946. The number of anilines is 1. The highest BCUT2D eigenvalue weighted by atomic mass is 35.5. The van der Waals surface area contributed by atoms with Crippen LogP contribution in [0.5, 0.6) is 0 Å². The van der Waals surface area contributed by atoms with Gasteiger partial charge in [0.25, 0.3) is 5.91 Å². The zero-order valence-corrected chi connectivity index (χ0v) is 19.3. The van der Waals surface area contributed by atoms with Crippen molar-refractivity contribution in [3.8, 4) is 0 Å². The Bertz CT molecular complexity index is 1060. The average Bonchev–Trinajstić information content (AvgIpc) is 3.22. The van der Waals surface area contributed by atoms with Crippen molar-refractivity contribution in [2.45, 2.75) is 33.0 Å². The third-order valence-corrected chi connectivity index (χ3v) is 5.92. The van der Waals surface area contributed by atoms with Crippen LogP contribution in [0, 0.1) is 0 Å². The van der Waals surface area contributed by atoms with Crippen LogP contribution in [0.25, 0.3) is 0 Å². The first-order valence-electron chi connectivity index (χ1n) is 9.47. The third kappa shape index (κ3) is 6.40. The van der Waals surface area contributed by atoms with E-state index in [1.807, 2.05) is 26.0 Å². The van der Waals surface area contributed by atoms with Crippen LogP contribution in [0.2, 0.25) is 10.0 Å². The van der Waals surface area contributed by atoms with E-state index in [1.54, 1.807) is 40.9 Å². The molecule has 0 saturated carbocycles. The topological polar surface area (TPSA) is 87.2 Å². The monoisotopic (exact) mass is 477 g/mol. The number of benzene rings is 1. The molecular weight excluding hydrogens is 457 g/mol. The minimum absolute atomic E-state index is 0.0874. The third-order valence-electron chi connectivity index (χ3n) is 4.35. The molecule has 2 heterocycles. The maximum atomic E-state index is 12.8. The van der Waals surface area contributed by atoms with E-state index in [4.69, 9.17) is 23.2 Å². The zero-order chi connectivity index (χ0) is 22.4. The number of thiazole rings is 1. The summed E-state index contributed by atoms with van der Waals surface area (Å²) >= 11 is 13.3. The SMILES string of the molecule is CC(C)N(Cc1nc(C(=O)NCc2ccncc2)cs1)C(=O)Nc1ccc(Cl)c(Cl)c1. The van der Waals surface area contributed by atoms with Gasteiger partial charge in [-0.05, 0) is 49.7 Å². The Morgan fingerprint density at radius 3 is 2.55 bits per heavy atom. The Morgan fingerprint density at radius 2 is 1.87 bits per heavy atom. The number of nitrogens with zero attached hydrogens (tertiary/aromatic N) is 3. The Hall–Kier alpha value is -2.68. The summed E-state index contributed by atoms with van der Waals surface area (Å²) in [5, 5.41) is 8.77. The maximum absolute atomic E-state index is 12.8. The number of amides is 3. The first-order chi connectivity index (χ1) is 14.8. The van der Waals surface area contributed by atoms with Gasteiger partial charge in [0.05, 0.1) is 16.6 Å². The minimum atomic E-state index is -0.299. The van der Waals surface area contributed by atoms with Crippen molar-refractivity contribution in [1.82, 2.24) is 20.2 Å². The quantitative estimate of drug-likeness (QED) is 0.488. The molecule has 3 aromatic rings. The predicted molar refractivity (Wildman–Crippen MR) is 124 cm³/mol. The fourth-order valence-electron chi connectivity index (χ4n) is 2.67. The molecule has 7 nitrogen and oxygen atoms in total. The smallest absolute Gasteiger partial charge is 0.322 e. The van der Waals surface area contributed by atoms with Gasteiger partial charge >= 0.3 is 6.03 Å². The first-order valence-corrected chi connectivity index (χ1v) is 11.1. The lowest BCUT2D eigenvalue weighted by Gasteiger charge is -2.26. The van der Waals surface area contributed by atoms with Gasteiger partial charge in [-0.15, -0.1) is 11.3 Å². The van der Waals surface area contributed by atoms with Gasteiger partial charge < -0.3 is 15.5 Å². The van der Waals surface area contributed by atoms with Crippen molar-refractivity contribution in [2.24, 2.45) is 0 Å². The lowest BCUT2D eigenvalue weighted by Crippen LogP contribution is -2.39. The lowest BCUT2D eigenvalue weighted by atomic mass is 10.2. The molecule has 0 saturated heterocycles. The van der Waals surface area contributed by atoms with Crippen molar-refractivity contribution in [1.29, 1.82) is 0 Å². The molecule has 0 bridgehead atoms. The summed E-state index contributed by atoms with van der Waals surface area (Å²) < 4.78 is 0. The number of urea groups is 1. The molecule has 3 amide bonds. The van der Waals surface area contributed by atoms with Gasteiger partial charge in [0.2, 0.25) is 0 Å².